The van der Waals surface area contributed by atoms with Crippen molar-refractivity contribution in [3.63, 3.8) is 0 Å². The van der Waals surface area contributed by atoms with Crippen molar-refractivity contribution in [3.05, 3.63) is 83.9 Å². The molecule has 10 nitrogen and oxygen atoms in total. The molecule has 10 heteroatoms. The van der Waals surface area contributed by atoms with Gasteiger partial charge in [-0.25, -0.2) is 19.2 Å². The number of alkyl carbamates (subject to hydrolysis) is 2. The number of benzene rings is 2. The van der Waals surface area contributed by atoms with Gasteiger partial charge < -0.3 is 30.3 Å². The Hall–Kier alpha value is -4.34. The van der Waals surface area contributed by atoms with E-state index in [0.29, 0.717) is 0 Å². The summed E-state index contributed by atoms with van der Waals surface area (Å²) in [6.45, 7) is -0.0254. The number of nitrogens with one attached hydrogen (secondary N) is 2. The van der Waals surface area contributed by atoms with Crippen LogP contribution in [0.3, 0.4) is 0 Å². The van der Waals surface area contributed by atoms with Gasteiger partial charge in [-0.15, -0.1) is 0 Å². The summed E-state index contributed by atoms with van der Waals surface area (Å²) in [5.41, 5.74) is 1.50. The van der Waals surface area contributed by atoms with Crippen molar-refractivity contribution in [3.8, 4) is 0 Å². The van der Waals surface area contributed by atoms with E-state index in [1.54, 1.807) is 48.5 Å². The van der Waals surface area contributed by atoms with Crippen LogP contribution in [0.4, 0.5) is 9.59 Å². The fraction of sp³-hybridized carbons (Fsp3) is 0.250. The van der Waals surface area contributed by atoms with Gasteiger partial charge in [-0.2, -0.15) is 0 Å². The highest BCUT2D eigenvalue weighted by Crippen LogP contribution is 2.04. The smallest absolute Gasteiger partial charge is 0.408 e. The first-order valence-corrected chi connectivity index (χ1v) is 10.4. The van der Waals surface area contributed by atoms with E-state index in [4.69, 9.17) is 9.47 Å². The summed E-state index contributed by atoms with van der Waals surface area (Å²) >= 11 is 0. The lowest BCUT2D eigenvalue weighted by Gasteiger charge is -2.14. The summed E-state index contributed by atoms with van der Waals surface area (Å²) in [5, 5.41) is 23.1. The summed E-state index contributed by atoms with van der Waals surface area (Å²) in [5.74, 6) is -2.56. The molecule has 0 aliphatic carbocycles. The minimum Gasteiger partial charge on any atom is -0.480 e. The first kappa shape index (κ1) is 25.9. The predicted octanol–water partition coefficient (Wildman–Crippen LogP) is 3.08. The van der Waals surface area contributed by atoms with Crippen LogP contribution in [0.15, 0.2) is 72.8 Å². The van der Waals surface area contributed by atoms with Gasteiger partial charge in [0, 0.05) is 0 Å². The molecule has 2 aromatic carbocycles. The lowest BCUT2D eigenvalue weighted by Crippen LogP contribution is -2.41. The molecule has 4 N–H and O–H groups in total. The monoisotopic (exact) mass is 470 g/mol. The largest absolute Gasteiger partial charge is 0.480 e. The van der Waals surface area contributed by atoms with E-state index in [0.717, 1.165) is 11.1 Å². The molecule has 0 aliphatic rings. The number of carbonyl (C=O) groups excluding carboxylic acids is 2. The van der Waals surface area contributed by atoms with Crippen LogP contribution >= 0.6 is 0 Å². The molecule has 0 spiro atoms. The van der Waals surface area contributed by atoms with Gasteiger partial charge in [-0.05, 0) is 24.0 Å². The third-order valence-corrected chi connectivity index (χ3v) is 4.52. The van der Waals surface area contributed by atoms with Crippen molar-refractivity contribution in [2.75, 3.05) is 0 Å². The predicted molar refractivity (Wildman–Crippen MR) is 121 cm³/mol. The highest BCUT2D eigenvalue weighted by atomic mass is 16.6. The Labute approximate surface area is 196 Å². The van der Waals surface area contributed by atoms with Gasteiger partial charge in [0.2, 0.25) is 0 Å². The Morgan fingerprint density at radius 1 is 0.676 bits per heavy atom. The molecule has 2 amide bonds. The highest BCUT2D eigenvalue weighted by molar-refractivity contribution is 5.80. The summed E-state index contributed by atoms with van der Waals surface area (Å²) in [7, 11) is 0. The molecule has 2 aromatic rings. The number of hydrogen-bond donors (Lipinski definition) is 4. The zero-order valence-corrected chi connectivity index (χ0v) is 18.3. The lowest BCUT2D eigenvalue weighted by atomic mass is 10.1. The zero-order chi connectivity index (χ0) is 24.8. The SMILES string of the molecule is O=C(N[C@@H](C/C=C/C[C@H](NC(=O)OCc1ccccc1)C(=O)O)C(=O)O)OCc1ccccc1. The van der Waals surface area contributed by atoms with Gasteiger partial charge >= 0.3 is 24.1 Å². The molecule has 0 unspecified atom stereocenters. The van der Waals surface area contributed by atoms with Gasteiger partial charge in [0.25, 0.3) is 0 Å². The highest BCUT2D eigenvalue weighted by Gasteiger charge is 2.21. The van der Waals surface area contributed by atoms with Crippen LogP contribution in [-0.4, -0.2) is 46.4 Å². The normalized spacial score (nSPS) is 12.4. The fourth-order valence-electron chi connectivity index (χ4n) is 2.72. The molecule has 0 aromatic heterocycles. The van der Waals surface area contributed by atoms with Crippen LogP contribution in [0.5, 0.6) is 0 Å². The molecule has 180 valence electrons. The van der Waals surface area contributed by atoms with Crippen LogP contribution in [0.1, 0.15) is 24.0 Å². The molecule has 0 aliphatic heterocycles. The van der Waals surface area contributed by atoms with E-state index in [9.17, 15) is 29.4 Å². The van der Waals surface area contributed by atoms with Crippen molar-refractivity contribution in [1.29, 1.82) is 0 Å². The van der Waals surface area contributed by atoms with Crippen LogP contribution in [0, 0.1) is 0 Å². The molecule has 0 saturated carbocycles. The minimum absolute atomic E-state index is 0.0127. The maximum Gasteiger partial charge on any atom is 0.408 e. The average Bonchev–Trinajstić information content (AvgIpc) is 2.83. The average molecular weight is 470 g/mol. The first-order chi connectivity index (χ1) is 16.3. The molecule has 0 radical (unpaired) electrons. The Balaban J connectivity index is 1.77. The number of carboxylic acid groups (broad SMARTS) is 2. The van der Waals surface area contributed by atoms with E-state index >= 15 is 0 Å². The Morgan fingerprint density at radius 2 is 1.03 bits per heavy atom. The Kier molecular flexibility index (Phi) is 10.6. The van der Waals surface area contributed by atoms with Crippen molar-refractivity contribution in [1.82, 2.24) is 10.6 Å². The second kappa shape index (κ2) is 13.9. The maximum absolute atomic E-state index is 11.9. The molecule has 2 rings (SSSR count). The zero-order valence-electron chi connectivity index (χ0n) is 18.3. The standard InChI is InChI=1S/C24H26N2O8/c27-21(28)19(25-23(31)33-15-17-9-3-1-4-10-17)13-7-8-14-20(22(29)30)26-24(32)34-16-18-11-5-2-6-12-18/h1-12,19-20H,13-16H2,(H,25,31)(H,26,32)(H,27,28)(H,29,30)/b8-7+/t19-,20-/m0/s1. The molecule has 0 heterocycles. The first-order valence-electron chi connectivity index (χ1n) is 10.4. The molecular weight excluding hydrogens is 444 g/mol. The minimum atomic E-state index is -1.28. The maximum atomic E-state index is 11.9. The van der Waals surface area contributed by atoms with Gasteiger partial charge in [0.15, 0.2) is 0 Å². The number of aliphatic carboxylic acids is 2. The molecule has 2 atom stereocenters. The summed E-state index contributed by atoms with van der Waals surface area (Å²) < 4.78 is 10.0. The molecule has 0 fully saturated rings. The van der Waals surface area contributed by atoms with Gasteiger partial charge in [-0.1, -0.05) is 72.8 Å². The van der Waals surface area contributed by atoms with Crippen molar-refractivity contribution < 1.29 is 38.9 Å². The Bertz CT molecular complexity index is 899. The third-order valence-electron chi connectivity index (χ3n) is 4.52. The van der Waals surface area contributed by atoms with E-state index in [1.807, 2.05) is 12.1 Å². The lowest BCUT2D eigenvalue weighted by molar-refractivity contribution is -0.140. The van der Waals surface area contributed by atoms with Gasteiger partial charge in [0.1, 0.15) is 25.3 Å². The Morgan fingerprint density at radius 3 is 1.35 bits per heavy atom. The third kappa shape index (κ3) is 9.86. The van der Waals surface area contributed by atoms with E-state index in [1.165, 1.54) is 12.2 Å². The van der Waals surface area contributed by atoms with Crippen LogP contribution in [0.2, 0.25) is 0 Å². The molecular formula is C24H26N2O8. The number of carboxylic acids is 2. The number of ether oxygens (including phenoxy) is 2. The fourth-order valence-corrected chi connectivity index (χ4v) is 2.72. The van der Waals surface area contributed by atoms with Crippen LogP contribution in [-0.2, 0) is 32.3 Å². The van der Waals surface area contributed by atoms with Crippen molar-refractivity contribution >= 4 is 24.1 Å². The second-order valence-corrected chi connectivity index (χ2v) is 7.14. The number of hydrogen-bond acceptors (Lipinski definition) is 6. The summed E-state index contributed by atoms with van der Waals surface area (Å²) in [4.78, 5) is 46.6. The quantitative estimate of drug-likeness (QED) is 0.346. The summed E-state index contributed by atoms with van der Waals surface area (Å²) in [6, 6.07) is 15.2. The van der Waals surface area contributed by atoms with Crippen LogP contribution in [0.25, 0.3) is 0 Å². The van der Waals surface area contributed by atoms with Crippen molar-refractivity contribution in [2.24, 2.45) is 0 Å². The van der Waals surface area contributed by atoms with Gasteiger partial charge in [-0.3, -0.25) is 0 Å². The van der Waals surface area contributed by atoms with Crippen molar-refractivity contribution in [2.45, 2.75) is 38.1 Å². The second-order valence-electron chi connectivity index (χ2n) is 7.14. The van der Waals surface area contributed by atoms with E-state index < -0.39 is 36.2 Å². The molecule has 34 heavy (non-hydrogen) atoms. The van der Waals surface area contributed by atoms with Crippen LogP contribution < -0.4 is 10.6 Å². The molecule has 0 saturated heterocycles. The van der Waals surface area contributed by atoms with E-state index in [-0.39, 0.29) is 26.1 Å². The van der Waals surface area contributed by atoms with Gasteiger partial charge in [0.05, 0.1) is 0 Å². The topological polar surface area (TPSA) is 151 Å². The van der Waals surface area contributed by atoms with E-state index in [2.05, 4.69) is 10.6 Å². The number of rotatable bonds is 12. The molecule has 0 bridgehead atoms. The summed E-state index contributed by atoms with van der Waals surface area (Å²) in [6.07, 6.45) is 0.805. The number of amides is 2. The number of carbonyl (C=O) groups is 4.